The summed E-state index contributed by atoms with van der Waals surface area (Å²) in [4.78, 5) is 16.6. The molecule has 2 aromatic carbocycles. The number of carbonyl (C=O) groups is 1. The van der Waals surface area contributed by atoms with Crippen LogP contribution < -0.4 is 24.2 Å². The topological polar surface area (TPSA) is 116 Å². The number of methoxy groups -OCH3 is 3. The molecule has 0 aliphatic carbocycles. The van der Waals surface area contributed by atoms with Gasteiger partial charge in [-0.25, -0.2) is 13.4 Å². The Morgan fingerprint density at radius 3 is 2.30 bits per heavy atom. The summed E-state index contributed by atoms with van der Waals surface area (Å²) in [5, 5.41) is 4.22. The van der Waals surface area contributed by atoms with Crippen LogP contribution in [0.1, 0.15) is 10.5 Å². The van der Waals surface area contributed by atoms with Gasteiger partial charge in [-0.2, -0.15) is 0 Å². The van der Waals surface area contributed by atoms with E-state index in [0.29, 0.717) is 22.9 Å². The van der Waals surface area contributed by atoms with E-state index in [0.717, 1.165) is 11.3 Å². The van der Waals surface area contributed by atoms with Crippen molar-refractivity contribution in [1.82, 2.24) is 4.98 Å². The molecule has 0 aliphatic rings. The van der Waals surface area contributed by atoms with Gasteiger partial charge in [0.2, 0.25) is 0 Å². The Bertz CT molecular complexity index is 1140. The molecule has 1 aromatic heterocycles. The van der Waals surface area contributed by atoms with E-state index in [9.17, 15) is 13.2 Å². The predicted octanol–water partition coefficient (Wildman–Crippen LogP) is 3.22. The lowest BCUT2D eigenvalue weighted by Crippen LogP contribution is -2.15. The fraction of sp³-hybridized carbons (Fsp3) is 0.158. The molecule has 158 valence electrons. The first-order chi connectivity index (χ1) is 14.4. The molecule has 0 fully saturated rings. The van der Waals surface area contributed by atoms with Crippen LogP contribution in [0.5, 0.6) is 17.2 Å². The molecule has 0 spiro atoms. The summed E-state index contributed by atoms with van der Waals surface area (Å²) in [5.74, 6) is 1.03. The van der Waals surface area contributed by atoms with Crippen molar-refractivity contribution >= 4 is 38.1 Å². The zero-order valence-electron chi connectivity index (χ0n) is 16.3. The van der Waals surface area contributed by atoms with E-state index in [1.54, 1.807) is 30.3 Å². The molecule has 0 bridgehead atoms. The van der Waals surface area contributed by atoms with Crippen molar-refractivity contribution in [2.75, 3.05) is 31.4 Å². The number of carbonyl (C=O) groups excluding carboxylic acids is 1. The largest absolute Gasteiger partial charge is 0.497 e. The highest BCUT2D eigenvalue weighted by Crippen LogP contribution is 2.30. The number of nitrogens with zero attached hydrogens (tertiary/aromatic N) is 1. The first-order valence-electron chi connectivity index (χ1n) is 8.52. The lowest BCUT2D eigenvalue weighted by Gasteiger charge is -2.10. The lowest BCUT2D eigenvalue weighted by molar-refractivity contribution is 0.102. The van der Waals surface area contributed by atoms with Gasteiger partial charge in [0, 0.05) is 17.1 Å². The summed E-state index contributed by atoms with van der Waals surface area (Å²) >= 11 is 1.000. The molecule has 1 amide bonds. The second kappa shape index (κ2) is 9.01. The molecular formula is C19H19N3O6S2. The van der Waals surface area contributed by atoms with Crippen LogP contribution in [0, 0.1) is 0 Å². The molecule has 11 heteroatoms. The van der Waals surface area contributed by atoms with Crippen LogP contribution in [-0.4, -0.2) is 40.6 Å². The van der Waals surface area contributed by atoms with Gasteiger partial charge in [0.15, 0.2) is 16.6 Å². The smallest absolute Gasteiger partial charge is 0.275 e. The second-order valence-corrected chi connectivity index (χ2v) is 8.38. The Labute approximate surface area is 177 Å². The predicted molar refractivity (Wildman–Crippen MR) is 113 cm³/mol. The Balaban J connectivity index is 1.71. The first kappa shape index (κ1) is 21.4. The van der Waals surface area contributed by atoms with Gasteiger partial charge in [0.1, 0.15) is 11.4 Å². The zero-order valence-corrected chi connectivity index (χ0v) is 18.0. The average Bonchev–Trinajstić information content (AvgIpc) is 3.21. The molecule has 0 atom stereocenters. The van der Waals surface area contributed by atoms with E-state index in [-0.39, 0.29) is 15.7 Å². The number of ether oxygens (including phenoxy) is 3. The van der Waals surface area contributed by atoms with Crippen molar-refractivity contribution in [1.29, 1.82) is 0 Å². The maximum Gasteiger partial charge on any atom is 0.275 e. The summed E-state index contributed by atoms with van der Waals surface area (Å²) in [6.07, 6.45) is 0. The van der Waals surface area contributed by atoms with Gasteiger partial charge in [-0.3, -0.25) is 9.52 Å². The van der Waals surface area contributed by atoms with E-state index in [2.05, 4.69) is 15.0 Å². The zero-order chi connectivity index (χ0) is 21.7. The van der Waals surface area contributed by atoms with Crippen molar-refractivity contribution in [2.24, 2.45) is 0 Å². The normalized spacial score (nSPS) is 10.9. The molecule has 2 N–H and O–H groups in total. The van der Waals surface area contributed by atoms with E-state index < -0.39 is 15.9 Å². The van der Waals surface area contributed by atoms with Gasteiger partial charge in [-0.1, -0.05) is 0 Å². The average molecular weight is 450 g/mol. The lowest BCUT2D eigenvalue weighted by atomic mass is 10.2. The maximum atomic E-state index is 12.5. The van der Waals surface area contributed by atoms with E-state index in [1.165, 1.54) is 38.8 Å². The van der Waals surface area contributed by atoms with Crippen LogP contribution in [0.25, 0.3) is 0 Å². The third-order valence-corrected chi connectivity index (χ3v) is 6.21. The molecule has 0 aliphatic heterocycles. The number of amides is 1. The molecule has 3 aromatic rings. The van der Waals surface area contributed by atoms with E-state index in [4.69, 9.17) is 14.2 Å². The second-order valence-electron chi connectivity index (χ2n) is 5.84. The molecule has 0 saturated carbocycles. The number of thiazole rings is 1. The summed E-state index contributed by atoms with van der Waals surface area (Å²) < 4.78 is 42.7. The van der Waals surface area contributed by atoms with Gasteiger partial charge in [-0.05, 0) is 36.4 Å². The van der Waals surface area contributed by atoms with Crippen molar-refractivity contribution < 1.29 is 27.4 Å². The van der Waals surface area contributed by atoms with Gasteiger partial charge in [0.25, 0.3) is 15.9 Å². The van der Waals surface area contributed by atoms with E-state index >= 15 is 0 Å². The van der Waals surface area contributed by atoms with Crippen LogP contribution in [0.2, 0.25) is 0 Å². The van der Waals surface area contributed by atoms with E-state index in [1.807, 2.05) is 0 Å². The van der Waals surface area contributed by atoms with Crippen molar-refractivity contribution in [3.63, 3.8) is 0 Å². The van der Waals surface area contributed by atoms with Crippen molar-refractivity contribution in [2.45, 2.75) is 4.90 Å². The molecule has 0 radical (unpaired) electrons. The highest BCUT2D eigenvalue weighted by molar-refractivity contribution is 7.93. The molecule has 0 saturated heterocycles. The number of hydrogen-bond acceptors (Lipinski definition) is 8. The summed E-state index contributed by atoms with van der Waals surface area (Å²) in [6.45, 7) is 0. The van der Waals surface area contributed by atoms with Crippen LogP contribution in [-0.2, 0) is 10.0 Å². The molecule has 0 unspecified atom stereocenters. The number of rotatable bonds is 8. The number of benzene rings is 2. The third-order valence-electron chi connectivity index (χ3n) is 3.97. The standard InChI is InChI=1S/C19H19N3O6S2/c1-26-13-5-7-14(8-6-13)30(24,25)22-19-21-15(11-29-19)18(23)20-12-4-9-16(27-2)17(10-12)28-3/h4-11H,1-3H3,(H,20,23)(H,21,22). The SMILES string of the molecule is COc1ccc(S(=O)(=O)Nc2nc(C(=O)Nc3ccc(OC)c(OC)c3)cs2)cc1. The number of aromatic nitrogens is 1. The molecule has 3 rings (SSSR count). The Morgan fingerprint density at radius 1 is 0.967 bits per heavy atom. The number of hydrogen-bond donors (Lipinski definition) is 2. The maximum absolute atomic E-state index is 12.5. The summed E-state index contributed by atoms with van der Waals surface area (Å²) in [7, 11) is 0.651. The molecular weight excluding hydrogens is 430 g/mol. The fourth-order valence-corrected chi connectivity index (χ4v) is 4.41. The molecule has 30 heavy (non-hydrogen) atoms. The molecule has 1 heterocycles. The summed E-state index contributed by atoms with van der Waals surface area (Å²) in [6, 6.07) is 10.8. The Kier molecular flexibility index (Phi) is 6.43. The first-order valence-corrected chi connectivity index (χ1v) is 10.9. The third kappa shape index (κ3) is 4.81. The number of sulfonamides is 1. The van der Waals surface area contributed by atoms with Crippen molar-refractivity contribution in [3.05, 3.63) is 53.5 Å². The Morgan fingerprint density at radius 2 is 1.67 bits per heavy atom. The van der Waals surface area contributed by atoms with Crippen LogP contribution in [0.15, 0.2) is 52.7 Å². The minimum absolute atomic E-state index is 0.0508. The highest BCUT2D eigenvalue weighted by Gasteiger charge is 2.18. The van der Waals surface area contributed by atoms with Crippen LogP contribution >= 0.6 is 11.3 Å². The van der Waals surface area contributed by atoms with Gasteiger partial charge in [-0.15, -0.1) is 11.3 Å². The van der Waals surface area contributed by atoms with Crippen molar-refractivity contribution in [3.8, 4) is 17.2 Å². The van der Waals surface area contributed by atoms with Crippen LogP contribution in [0.4, 0.5) is 10.8 Å². The quantitative estimate of drug-likeness (QED) is 0.542. The van der Waals surface area contributed by atoms with Gasteiger partial charge in [0.05, 0.1) is 26.2 Å². The fourth-order valence-electron chi connectivity index (χ4n) is 2.46. The summed E-state index contributed by atoms with van der Waals surface area (Å²) in [5.41, 5.74) is 0.549. The number of anilines is 2. The van der Waals surface area contributed by atoms with Crippen LogP contribution in [0.3, 0.4) is 0 Å². The van der Waals surface area contributed by atoms with Gasteiger partial charge >= 0.3 is 0 Å². The molecule has 9 nitrogen and oxygen atoms in total. The monoisotopic (exact) mass is 449 g/mol. The minimum Gasteiger partial charge on any atom is -0.497 e. The number of nitrogens with one attached hydrogen (secondary N) is 2. The highest BCUT2D eigenvalue weighted by atomic mass is 32.2. The Hall–Kier alpha value is -3.31. The van der Waals surface area contributed by atoms with Gasteiger partial charge < -0.3 is 19.5 Å². The minimum atomic E-state index is -3.85.